The average molecular weight is 357 g/mol. The Hall–Kier alpha value is -3.02. The van der Waals surface area contributed by atoms with Crippen LogP contribution in [-0.4, -0.2) is 31.7 Å². The summed E-state index contributed by atoms with van der Waals surface area (Å²) in [6.45, 7) is 5.57. The van der Waals surface area contributed by atoms with Crippen LogP contribution in [0.3, 0.4) is 0 Å². The third-order valence-electron chi connectivity index (χ3n) is 3.50. The van der Waals surface area contributed by atoms with Gasteiger partial charge in [-0.25, -0.2) is 4.79 Å². The lowest BCUT2D eigenvalue weighted by molar-refractivity contribution is -0.149. The molecule has 0 unspecified atom stereocenters. The van der Waals surface area contributed by atoms with Crippen molar-refractivity contribution in [1.82, 2.24) is 0 Å². The number of carbonyl (C=O) groups excluding carboxylic acids is 2. The topological polar surface area (TPSA) is 73.9 Å². The molecule has 6 heteroatoms. The zero-order valence-corrected chi connectivity index (χ0v) is 15.2. The molecule has 26 heavy (non-hydrogen) atoms. The van der Waals surface area contributed by atoms with Crippen LogP contribution in [0.25, 0.3) is 0 Å². The molecule has 0 heterocycles. The summed E-state index contributed by atoms with van der Waals surface area (Å²) in [4.78, 5) is 23.7. The summed E-state index contributed by atoms with van der Waals surface area (Å²) in [6, 6.07) is 12.7. The molecule has 1 N–H and O–H groups in total. The summed E-state index contributed by atoms with van der Waals surface area (Å²) in [6.07, 6.45) is 0. The third kappa shape index (κ3) is 5.81. The molecule has 138 valence electrons. The van der Waals surface area contributed by atoms with Gasteiger partial charge in [0.1, 0.15) is 11.5 Å². The van der Waals surface area contributed by atoms with Crippen LogP contribution in [0.2, 0.25) is 0 Å². The molecular weight excluding hydrogens is 334 g/mol. The van der Waals surface area contributed by atoms with Gasteiger partial charge < -0.3 is 19.5 Å². The molecule has 2 aromatic rings. The van der Waals surface area contributed by atoms with Crippen molar-refractivity contribution in [3.63, 3.8) is 0 Å². The predicted molar refractivity (Wildman–Crippen MR) is 98.6 cm³/mol. The Labute approximate surface area is 153 Å². The second-order valence-corrected chi connectivity index (χ2v) is 5.70. The maximum Gasteiger partial charge on any atom is 0.344 e. The number of anilines is 1. The van der Waals surface area contributed by atoms with E-state index in [-0.39, 0.29) is 6.61 Å². The first-order chi connectivity index (χ1) is 12.5. The molecule has 6 nitrogen and oxygen atoms in total. The normalized spacial score (nSPS) is 10.1. The number of esters is 1. The molecule has 0 bridgehead atoms. The molecule has 0 aliphatic carbocycles. The van der Waals surface area contributed by atoms with Crippen LogP contribution in [-0.2, 0) is 14.3 Å². The minimum atomic E-state index is -0.613. The third-order valence-corrected chi connectivity index (χ3v) is 3.50. The fourth-order valence-corrected chi connectivity index (χ4v) is 2.32. The Bertz CT molecular complexity index is 773. The Balaban J connectivity index is 1.79. The fraction of sp³-hybridized carbons (Fsp3) is 0.300. The first kappa shape index (κ1) is 19.3. The lowest BCUT2D eigenvalue weighted by atomic mass is 10.1. The van der Waals surface area contributed by atoms with Gasteiger partial charge in [0.15, 0.2) is 13.2 Å². The Kier molecular flexibility index (Phi) is 7.02. The minimum Gasteiger partial charge on any atom is -0.492 e. The van der Waals surface area contributed by atoms with Gasteiger partial charge in [-0.1, -0.05) is 29.8 Å². The van der Waals surface area contributed by atoms with E-state index in [0.717, 1.165) is 11.1 Å². The van der Waals surface area contributed by atoms with Crippen LogP contribution in [0.5, 0.6) is 11.5 Å². The van der Waals surface area contributed by atoms with Crippen molar-refractivity contribution in [2.75, 3.05) is 25.1 Å². The number of rotatable bonds is 8. The van der Waals surface area contributed by atoms with E-state index >= 15 is 0 Å². The van der Waals surface area contributed by atoms with E-state index in [1.807, 2.05) is 39.0 Å². The summed E-state index contributed by atoms with van der Waals surface area (Å²) >= 11 is 0. The summed E-state index contributed by atoms with van der Waals surface area (Å²) in [5, 5.41) is 2.66. The number of carbonyl (C=O) groups is 2. The zero-order valence-electron chi connectivity index (χ0n) is 15.2. The van der Waals surface area contributed by atoms with Gasteiger partial charge in [0.2, 0.25) is 0 Å². The first-order valence-corrected chi connectivity index (χ1v) is 8.37. The van der Waals surface area contributed by atoms with Crippen molar-refractivity contribution in [2.45, 2.75) is 20.8 Å². The van der Waals surface area contributed by atoms with Gasteiger partial charge in [0.05, 0.1) is 12.3 Å². The molecule has 1 amide bonds. The summed E-state index contributed by atoms with van der Waals surface area (Å²) in [5.74, 6) is 0.116. The molecule has 2 aromatic carbocycles. The monoisotopic (exact) mass is 357 g/mol. The van der Waals surface area contributed by atoms with Gasteiger partial charge in [-0.05, 0) is 44.5 Å². The molecule has 0 atom stereocenters. The maximum absolute atomic E-state index is 12.0. The van der Waals surface area contributed by atoms with Crippen LogP contribution in [0.1, 0.15) is 18.1 Å². The molecule has 0 aromatic heterocycles. The van der Waals surface area contributed by atoms with Gasteiger partial charge in [-0.2, -0.15) is 0 Å². The SMILES string of the molecule is CCOc1ccccc1NC(=O)COC(=O)COc1ccc(C)cc1C. The quantitative estimate of drug-likeness (QED) is 0.734. The van der Waals surface area contributed by atoms with E-state index in [1.54, 1.807) is 24.3 Å². The number of amides is 1. The smallest absolute Gasteiger partial charge is 0.344 e. The van der Waals surface area contributed by atoms with E-state index in [4.69, 9.17) is 14.2 Å². The lowest BCUT2D eigenvalue weighted by Crippen LogP contribution is -2.24. The standard InChI is InChI=1S/C20H23NO5/c1-4-24-18-8-6-5-7-16(18)21-19(22)12-26-20(23)13-25-17-10-9-14(2)11-15(17)3/h5-11H,4,12-13H2,1-3H3,(H,21,22). The van der Waals surface area contributed by atoms with E-state index in [2.05, 4.69) is 5.32 Å². The maximum atomic E-state index is 12.0. The largest absolute Gasteiger partial charge is 0.492 e. The average Bonchev–Trinajstić information content (AvgIpc) is 2.61. The minimum absolute atomic E-state index is 0.257. The molecule has 0 aliphatic rings. The number of hydrogen-bond acceptors (Lipinski definition) is 5. The highest BCUT2D eigenvalue weighted by molar-refractivity contribution is 5.94. The summed E-state index contributed by atoms with van der Waals surface area (Å²) < 4.78 is 15.8. The molecule has 0 aliphatic heterocycles. The highest BCUT2D eigenvalue weighted by atomic mass is 16.6. The molecule has 2 rings (SSSR count). The van der Waals surface area contributed by atoms with Crippen LogP contribution in [0, 0.1) is 13.8 Å². The highest BCUT2D eigenvalue weighted by Gasteiger charge is 2.11. The predicted octanol–water partition coefficient (Wildman–Crippen LogP) is 3.26. The molecule has 0 fully saturated rings. The Morgan fingerprint density at radius 3 is 2.46 bits per heavy atom. The second kappa shape index (κ2) is 9.46. The number of aryl methyl sites for hydroxylation is 2. The summed E-state index contributed by atoms with van der Waals surface area (Å²) in [7, 11) is 0. The van der Waals surface area contributed by atoms with Crippen molar-refractivity contribution in [1.29, 1.82) is 0 Å². The molecule has 0 radical (unpaired) electrons. The number of para-hydroxylation sites is 2. The Morgan fingerprint density at radius 1 is 0.962 bits per heavy atom. The number of hydrogen-bond donors (Lipinski definition) is 1. The molecule has 0 saturated carbocycles. The van der Waals surface area contributed by atoms with Crippen LogP contribution < -0.4 is 14.8 Å². The van der Waals surface area contributed by atoms with Crippen molar-refractivity contribution < 1.29 is 23.8 Å². The lowest BCUT2D eigenvalue weighted by Gasteiger charge is -2.12. The van der Waals surface area contributed by atoms with Crippen LogP contribution in [0.4, 0.5) is 5.69 Å². The number of benzene rings is 2. The van der Waals surface area contributed by atoms with Crippen molar-refractivity contribution in [3.8, 4) is 11.5 Å². The van der Waals surface area contributed by atoms with Crippen molar-refractivity contribution in [2.24, 2.45) is 0 Å². The fourth-order valence-electron chi connectivity index (χ4n) is 2.32. The van der Waals surface area contributed by atoms with Crippen molar-refractivity contribution >= 4 is 17.6 Å². The van der Waals surface area contributed by atoms with E-state index in [9.17, 15) is 9.59 Å². The van der Waals surface area contributed by atoms with Gasteiger partial charge in [0, 0.05) is 0 Å². The zero-order chi connectivity index (χ0) is 18.9. The van der Waals surface area contributed by atoms with Gasteiger partial charge in [-0.3, -0.25) is 4.79 Å². The molecular formula is C20H23NO5. The van der Waals surface area contributed by atoms with Crippen molar-refractivity contribution in [3.05, 3.63) is 53.6 Å². The Morgan fingerprint density at radius 2 is 1.73 bits per heavy atom. The molecule has 0 spiro atoms. The van der Waals surface area contributed by atoms with Gasteiger partial charge in [-0.15, -0.1) is 0 Å². The number of nitrogens with one attached hydrogen (secondary N) is 1. The summed E-state index contributed by atoms with van der Waals surface area (Å²) in [5.41, 5.74) is 2.58. The van der Waals surface area contributed by atoms with E-state index < -0.39 is 18.5 Å². The number of ether oxygens (including phenoxy) is 3. The first-order valence-electron chi connectivity index (χ1n) is 8.37. The second-order valence-electron chi connectivity index (χ2n) is 5.70. The van der Waals surface area contributed by atoms with E-state index in [1.165, 1.54) is 0 Å². The van der Waals surface area contributed by atoms with Gasteiger partial charge in [0.25, 0.3) is 5.91 Å². The molecule has 0 saturated heterocycles. The van der Waals surface area contributed by atoms with Crippen LogP contribution >= 0.6 is 0 Å². The highest BCUT2D eigenvalue weighted by Crippen LogP contribution is 2.23. The van der Waals surface area contributed by atoms with Crippen LogP contribution in [0.15, 0.2) is 42.5 Å². The van der Waals surface area contributed by atoms with Gasteiger partial charge >= 0.3 is 5.97 Å². The van der Waals surface area contributed by atoms with E-state index in [0.29, 0.717) is 23.8 Å².